The normalized spacial score (nSPS) is 16.1. The SMILES string of the molecule is CCCc1nc2c([nH]1)CCCC2. The summed E-state index contributed by atoms with van der Waals surface area (Å²) in [5.74, 6) is 1.20. The molecule has 1 aliphatic carbocycles. The van der Waals surface area contributed by atoms with Gasteiger partial charge >= 0.3 is 0 Å². The zero-order valence-electron chi connectivity index (χ0n) is 7.69. The number of aryl methyl sites for hydroxylation is 3. The summed E-state index contributed by atoms with van der Waals surface area (Å²) in [5, 5.41) is 0. The van der Waals surface area contributed by atoms with E-state index >= 15 is 0 Å². The van der Waals surface area contributed by atoms with Crippen molar-refractivity contribution in [3.05, 3.63) is 17.2 Å². The predicted octanol–water partition coefficient (Wildman–Crippen LogP) is 2.24. The van der Waals surface area contributed by atoms with Crippen LogP contribution in [0.5, 0.6) is 0 Å². The molecule has 0 unspecified atom stereocenters. The lowest BCUT2D eigenvalue weighted by Gasteiger charge is -2.07. The molecule has 0 atom stereocenters. The molecule has 2 rings (SSSR count). The van der Waals surface area contributed by atoms with E-state index in [1.54, 1.807) is 0 Å². The number of imidazole rings is 1. The van der Waals surface area contributed by atoms with E-state index in [1.165, 1.54) is 49.3 Å². The van der Waals surface area contributed by atoms with Gasteiger partial charge in [0.05, 0.1) is 5.69 Å². The van der Waals surface area contributed by atoms with E-state index in [1.807, 2.05) is 0 Å². The van der Waals surface area contributed by atoms with Crippen molar-refractivity contribution >= 4 is 0 Å². The fraction of sp³-hybridized carbons (Fsp3) is 0.700. The van der Waals surface area contributed by atoms with Gasteiger partial charge in [-0.05, 0) is 32.1 Å². The van der Waals surface area contributed by atoms with Gasteiger partial charge in [0, 0.05) is 12.1 Å². The van der Waals surface area contributed by atoms with Crippen LogP contribution in [0, 0.1) is 0 Å². The smallest absolute Gasteiger partial charge is 0.106 e. The Labute approximate surface area is 73.4 Å². The minimum Gasteiger partial charge on any atom is -0.346 e. The molecule has 2 nitrogen and oxygen atoms in total. The summed E-state index contributed by atoms with van der Waals surface area (Å²) in [6, 6.07) is 0. The summed E-state index contributed by atoms with van der Waals surface area (Å²) < 4.78 is 0. The van der Waals surface area contributed by atoms with Crippen LogP contribution in [0.1, 0.15) is 43.4 Å². The third-order valence-corrected chi connectivity index (χ3v) is 2.49. The van der Waals surface area contributed by atoms with E-state index in [4.69, 9.17) is 0 Å². The molecule has 0 amide bonds. The van der Waals surface area contributed by atoms with Crippen molar-refractivity contribution in [3.8, 4) is 0 Å². The molecule has 12 heavy (non-hydrogen) atoms. The number of hydrogen-bond acceptors (Lipinski definition) is 1. The molecule has 0 radical (unpaired) electrons. The summed E-state index contributed by atoms with van der Waals surface area (Å²) in [6.07, 6.45) is 7.35. The van der Waals surface area contributed by atoms with Crippen molar-refractivity contribution in [1.29, 1.82) is 0 Å². The standard InChI is InChI=1S/C10H16N2/c1-2-5-10-11-8-6-3-4-7-9(8)12-10/h2-7H2,1H3,(H,11,12). The van der Waals surface area contributed by atoms with E-state index in [9.17, 15) is 0 Å². The molecule has 0 saturated carbocycles. The van der Waals surface area contributed by atoms with Crippen LogP contribution in [-0.4, -0.2) is 9.97 Å². The Morgan fingerprint density at radius 1 is 1.33 bits per heavy atom. The molecular weight excluding hydrogens is 148 g/mol. The summed E-state index contributed by atoms with van der Waals surface area (Å²) >= 11 is 0. The zero-order chi connectivity index (χ0) is 8.39. The van der Waals surface area contributed by atoms with Crippen LogP contribution in [0.25, 0.3) is 0 Å². The second kappa shape index (κ2) is 3.30. The molecule has 0 spiro atoms. The Balaban J connectivity index is 2.20. The third-order valence-electron chi connectivity index (χ3n) is 2.49. The molecule has 1 aromatic heterocycles. The molecule has 1 N–H and O–H groups in total. The van der Waals surface area contributed by atoms with E-state index in [0.717, 1.165) is 6.42 Å². The Morgan fingerprint density at radius 3 is 2.92 bits per heavy atom. The highest BCUT2D eigenvalue weighted by Gasteiger charge is 2.13. The van der Waals surface area contributed by atoms with Crippen molar-refractivity contribution in [3.63, 3.8) is 0 Å². The number of nitrogens with zero attached hydrogens (tertiary/aromatic N) is 1. The first-order valence-corrected chi connectivity index (χ1v) is 4.96. The lowest BCUT2D eigenvalue weighted by Crippen LogP contribution is -2.00. The molecule has 0 bridgehead atoms. The first-order valence-electron chi connectivity index (χ1n) is 4.96. The van der Waals surface area contributed by atoms with Gasteiger partial charge in [-0.25, -0.2) is 4.98 Å². The summed E-state index contributed by atoms with van der Waals surface area (Å²) in [5.41, 5.74) is 2.74. The molecule has 0 saturated heterocycles. The number of fused-ring (bicyclic) bond motifs is 1. The van der Waals surface area contributed by atoms with Gasteiger partial charge in [-0.15, -0.1) is 0 Å². The highest BCUT2D eigenvalue weighted by atomic mass is 14.9. The van der Waals surface area contributed by atoms with Gasteiger partial charge in [-0.1, -0.05) is 6.92 Å². The van der Waals surface area contributed by atoms with E-state index < -0.39 is 0 Å². The first-order chi connectivity index (χ1) is 5.90. The fourth-order valence-corrected chi connectivity index (χ4v) is 1.87. The first kappa shape index (κ1) is 7.84. The largest absolute Gasteiger partial charge is 0.346 e. The Morgan fingerprint density at radius 2 is 2.17 bits per heavy atom. The second-order valence-corrected chi connectivity index (χ2v) is 3.57. The zero-order valence-corrected chi connectivity index (χ0v) is 7.69. The molecule has 0 aromatic carbocycles. The molecule has 0 aliphatic heterocycles. The molecule has 1 aromatic rings. The number of rotatable bonds is 2. The Kier molecular flexibility index (Phi) is 2.15. The maximum Gasteiger partial charge on any atom is 0.106 e. The molecule has 1 aliphatic rings. The second-order valence-electron chi connectivity index (χ2n) is 3.57. The minimum atomic E-state index is 1.10. The summed E-state index contributed by atoms with van der Waals surface area (Å²) in [7, 11) is 0. The average molecular weight is 164 g/mol. The van der Waals surface area contributed by atoms with E-state index in [2.05, 4.69) is 16.9 Å². The van der Waals surface area contributed by atoms with Crippen molar-refractivity contribution in [2.24, 2.45) is 0 Å². The molecule has 1 heterocycles. The lowest BCUT2D eigenvalue weighted by atomic mass is 10.0. The molecular formula is C10H16N2. The highest BCUT2D eigenvalue weighted by Crippen LogP contribution is 2.18. The van der Waals surface area contributed by atoms with Crippen molar-refractivity contribution in [1.82, 2.24) is 9.97 Å². The number of aromatic nitrogens is 2. The van der Waals surface area contributed by atoms with Crippen LogP contribution in [0.4, 0.5) is 0 Å². The van der Waals surface area contributed by atoms with Crippen LogP contribution in [-0.2, 0) is 19.3 Å². The number of hydrogen-bond donors (Lipinski definition) is 1. The number of H-pyrrole nitrogens is 1. The van der Waals surface area contributed by atoms with Gasteiger partial charge in [0.2, 0.25) is 0 Å². The van der Waals surface area contributed by atoms with Crippen LogP contribution >= 0.6 is 0 Å². The van der Waals surface area contributed by atoms with Crippen molar-refractivity contribution in [2.75, 3.05) is 0 Å². The fourth-order valence-electron chi connectivity index (χ4n) is 1.87. The number of aromatic amines is 1. The minimum absolute atomic E-state index is 1.10. The van der Waals surface area contributed by atoms with Crippen LogP contribution in [0.2, 0.25) is 0 Å². The molecule has 66 valence electrons. The maximum absolute atomic E-state index is 4.58. The van der Waals surface area contributed by atoms with Gasteiger partial charge in [-0.3, -0.25) is 0 Å². The predicted molar refractivity (Wildman–Crippen MR) is 49.2 cm³/mol. The maximum atomic E-state index is 4.58. The molecule has 0 fully saturated rings. The lowest BCUT2D eigenvalue weighted by molar-refractivity contribution is 0.667. The number of nitrogens with one attached hydrogen (secondary N) is 1. The van der Waals surface area contributed by atoms with Gasteiger partial charge in [0.15, 0.2) is 0 Å². The van der Waals surface area contributed by atoms with Crippen molar-refractivity contribution < 1.29 is 0 Å². The topological polar surface area (TPSA) is 28.7 Å². The highest BCUT2D eigenvalue weighted by molar-refractivity contribution is 5.17. The van der Waals surface area contributed by atoms with Gasteiger partial charge in [-0.2, -0.15) is 0 Å². The van der Waals surface area contributed by atoms with Gasteiger partial charge < -0.3 is 4.98 Å². The van der Waals surface area contributed by atoms with Gasteiger partial charge in [0.1, 0.15) is 5.82 Å². The van der Waals surface area contributed by atoms with Crippen LogP contribution < -0.4 is 0 Å². The van der Waals surface area contributed by atoms with E-state index in [-0.39, 0.29) is 0 Å². The van der Waals surface area contributed by atoms with Gasteiger partial charge in [0.25, 0.3) is 0 Å². The van der Waals surface area contributed by atoms with Crippen LogP contribution in [0.15, 0.2) is 0 Å². The quantitative estimate of drug-likeness (QED) is 0.713. The Hall–Kier alpha value is -0.790. The van der Waals surface area contributed by atoms with E-state index in [0.29, 0.717) is 0 Å². The summed E-state index contributed by atoms with van der Waals surface area (Å²) in [4.78, 5) is 8.01. The van der Waals surface area contributed by atoms with Crippen molar-refractivity contribution in [2.45, 2.75) is 45.4 Å². The Bertz CT molecular complexity index is 239. The average Bonchev–Trinajstić information content (AvgIpc) is 2.47. The van der Waals surface area contributed by atoms with Crippen LogP contribution in [0.3, 0.4) is 0 Å². The summed E-state index contributed by atoms with van der Waals surface area (Å²) in [6.45, 7) is 2.20. The molecule has 2 heteroatoms. The third kappa shape index (κ3) is 1.38. The monoisotopic (exact) mass is 164 g/mol.